The molecule has 0 atom stereocenters. The number of hydrogen-bond donors (Lipinski definition) is 1. The van der Waals surface area contributed by atoms with E-state index in [2.05, 4.69) is 17.3 Å². The van der Waals surface area contributed by atoms with Crippen molar-refractivity contribution in [2.75, 3.05) is 18.8 Å². The number of nitrogens with one attached hydrogen (secondary N) is 1. The molecule has 1 N–H and O–H groups in total. The number of rotatable bonds is 5. The van der Waals surface area contributed by atoms with Gasteiger partial charge in [-0.1, -0.05) is 0 Å². The first-order valence-corrected chi connectivity index (χ1v) is 9.16. The van der Waals surface area contributed by atoms with Crippen LogP contribution in [-0.4, -0.2) is 47.4 Å². The van der Waals surface area contributed by atoms with Crippen molar-refractivity contribution in [2.24, 2.45) is 7.05 Å². The third-order valence-corrected chi connectivity index (χ3v) is 6.32. The summed E-state index contributed by atoms with van der Waals surface area (Å²) in [7, 11) is -1.07. The van der Waals surface area contributed by atoms with Crippen LogP contribution in [0.3, 0.4) is 0 Å². The van der Waals surface area contributed by atoms with Crippen molar-refractivity contribution < 1.29 is 8.42 Å². The Balaban J connectivity index is 1.87. The maximum Gasteiger partial charge on any atom is 0.213 e. The zero-order valence-corrected chi connectivity index (χ0v) is 14.2. The summed E-state index contributed by atoms with van der Waals surface area (Å²) in [6.45, 7) is 7.86. The van der Waals surface area contributed by atoms with Crippen molar-refractivity contribution in [3.8, 4) is 0 Å². The summed E-state index contributed by atoms with van der Waals surface area (Å²) in [4.78, 5) is 0. The Bertz CT molecular complexity index is 586. The molecule has 1 saturated heterocycles. The highest BCUT2D eigenvalue weighted by atomic mass is 32.2. The predicted octanol–water partition coefficient (Wildman–Crippen LogP) is 0.941. The third kappa shape index (κ3) is 3.64. The quantitative estimate of drug-likeness (QED) is 0.878. The van der Waals surface area contributed by atoms with Crippen molar-refractivity contribution in [1.82, 2.24) is 19.4 Å². The second-order valence-electron chi connectivity index (χ2n) is 5.73. The Kier molecular flexibility index (Phi) is 5.06. The van der Waals surface area contributed by atoms with E-state index < -0.39 is 10.0 Å². The fourth-order valence-electron chi connectivity index (χ4n) is 2.84. The molecule has 2 heterocycles. The second kappa shape index (κ2) is 6.46. The van der Waals surface area contributed by atoms with Gasteiger partial charge in [0.05, 0.1) is 11.4 Å². The molecule has 0 spiro atoms. The van der Waals surface area contributed by atoms with Crippen LogP contribution in [-0.2, 0) is 23.6 Å². The number of hydrogen-bond acceptors (Lipinski definition) is 4. The van der Waals surface area contributed by atoms with Crippen molar-refractivity contribution in [1.29, 1.82) is 0 Å². The van der Waals surface area contributed by atoms with E-state index in [1.165, 1.54) is 11.3 Å². The van der Waals surface area contributed by atoms with E-state index in [1.807, 2.05) is 18.7 Å². The van der Waals surface area contributed by atoms with Gasteiger partial charge in [0.2, 0.25) is 10.0 Å². The molecule has 1 aliphatic rings. The minimum Gasteiger partial charge on any atom is -0.310 e. The second-order valence-corrected chi connectivity index (χ2v) is 7.99. The lowest BCUT2D eigenvalue weighted by atomic mass is 10.1. The van der Waals surface area contributed by atoms with E-state index in [0.29, 0.717) is 19.1 Å². The van der Waals surface area contributed by atoms with Crippen molar-refractivity contribution in [2.45, 2.75) is 46.2 Å². The summed E-state index contributed by atoms with van der Waals surface area (Å²) in [5.41, 5.74) is 3.50. The van der Waals surface area contributed by atoms with Gasteiger partial charge in [0.1, 0.15) is 0 Å². The number of piperidine rings is 1. The Labute approximate surface area is 127 Å². The largest absolute Gasteiger partial charge is 0.310 e. The van der Waals surface area contributed by atoms with E-state index in [-0.39, 0.29) is 5.75 Å². The van der Waals surface area contributed by atoms with Crippen molar-refractivity contribution in [3.05, 3.63) is 17.0 Å². The average molecular weight is 314 g/mol. The lowest BCUT2D eigenvalue weighted by Gasteiger charge is -2.31. The highest BCUT2D eigenvalue weighted by molar-refractivity contribution is 7.89. The normalized spacial score (nSPS) is 18.3. The average Bonchev–Trinajstić information content (AvgIpc) is 2.71. The summed E-state index contributed by atoms with van der Waals surface area (Å²) in [5.74, 6) is 0.194. The molecule has 0 aliphatic carbocycles. The smallest absolute Gasteiger partial charge is 0.213 e. The summed E-state index contributed by atoms with van der Waals surface area (Å²) < 4.78 is 27.2. The topological polar surface area (TPSA) is 67.2 Å². The van der Waals surface area contributed by atoms with E-state index in [4.69, 9.17) is 0 Å². The lowest BCUT2D eigenvalue weighted by Crippen LogP contribution is -2.45. The van der Waals surface area contributed by atoms with Crippen LogP contribution >= 0.6 is 0 Å². The molecule has 1 fully saturated rings. The van der Waals surface area contributed by atoms with Crippen LogP contribution in [0.1, 0.15) is 36.7 Å². The predicted molar refractivity (Wildman–Crippen MR) is 83.6 cm³/mol. The SMILES string of the molecule is CCS(=O)(=O)N1CCC(NCc2c(C)nn(C)c2C)CC1. The molecule has 0 unspecified atom stereocenters. The minimum atomic E-state index is -3.03. The maximum atomic E-state index is 11.8. The minimum absolute atomic E-state index is 0.194. The van der Waals surface area contributed by atoms with E-state index in [1.54, 1.807) is 11.2 Å². The van der Waals surface area contributed by atoms with E-state index in [0.717, 1.165) is 25.1 Å². The fourth-order valence-corrected chi connectivity index (χ4v) is 3.97. The molecule has 120 valence electrons. The van der Waals surface area contributed by atoms with Crippen LogP contribution in [0.5, 0.6) is 0 Å². The number of aromatic nitrogens is 2. The highest BCUT2D eigenvalue weighted by Gasteiger charge is 2.26. The number of nitrogens with zero attached hydrogens (tertiary/aromatic N) is 3. The fraction of sp³-hybridized carbons (Fsp3) is 0.786. The van der Waals surface area contributed by atoms with Crippen LogP contribution in [0.4, 0.5) is 0 Å². The zero-order valence-electron chi connectivity index (χ0n) is 13.4. The Morgan fingerprint density at radius 1 is 1.29 bits per heavy atom. The molecule has 6 nitrogen and oxygen atoms in total. The molecular formula is C14H26N4O2S. The molecule has 2 rings (SSSR count). The molecular weight excluding hydrogens is 288 g/mol. The molecule has 1 aromatic heterocycles. The summed E-state index contributed by atoms with van der Waals surface area (Å²) in [6.07, 6.45) is 1.75. The molecule has 0 aromatic carbocycles. The Morgan fingerprint density at radius 2 is 1.90 bits per heavy atom. The third-order valence-electron chi connectivity index (χ3n) is 4.44. The molecule has 0 amide bonds. The molecule has 0 bridgehead atoms. The van der Waals surface area contributed by atoms with Gasteiger partial charge in [-0.3, -0.25) is 4.68 Å². The van der Waals surface area contributed by atoms with Gasteiger partial charge in [0.25, 0.3) is 0 Å². The standard InChI is InChI=1S/C14H26N4O2S/c1-5-21(19,20)18-8-6-13(7-9-18)15-10-14-11(2)16-17(4)12(14)3/h13,15H,5-10H2,1-4H3. The maximum absolute atomic E-state index is 11.8. The van der Waals surface area contributed by atoms with Gasteiger partial charge in [0.15, 0.2) is 0 Å². The first-order valence-electron chi connectivity index (χ1n) is 7.55. The van der Waals surface area contributed by atoms with Crippen LogP contribution < -0.4 is 5.32 Å². The first kappa shape index (κ1) is 16.5. The van der Waals surface area contributed by atoms with Gasteiger partial charge in [-0.05, 0) is 33.6 Å². The van der Waals surface area contributed by atoms with Gasteiger partial charge in [-0.2, -0.15) is 5.10 Å². The monoisotopic (exact) mass is 314 g/mol. The number of sulfonamides is 1. The lowest BCUT2D eigenvalue weighted by molar-refractivity contribution is 0.289. The highest BCUT2D eigenvalue weighted by Crippen LogP contribution is 2.16. The molecule has 7 heteroatoms. The van der Waals surface area contributed by atoms with Gasteiger partial charge < -0.3 is 5.32 Å². The van der Waals surface area contributed by atoms with Gasteiger partial charge in [-0.25, -0.2) is 12.7 Å². The van der Waals surface area contributed by atoms with Crippen molar-refractivity contribution in [3.63, 3.8) is 0 Å². The zero-order chi connectivity index (χ0) is 15.6. The molecule has 1 aliphatic heterocycles. The van der Waals surface area contributed by atoms with Crippen LogP contribution in [0.15, 0.2) is 0 Å². The summed E-state index contributed by atoms with van der Waals surface area (Å²) in [5, 5.41) is 7.97. The molecule has 0 radical (unpaired) electrons. The van der Waals surface area contributed by atoms with Crippen LogP contribution in [0.2, 0.25) is 0 Å². The van der Waals surface area contributed by atoms with E-state index in [9.17, 15) is 8.42 Å². The van der Waals surface area contributed by atoms with Crippen molar-refractivity contribution >= 4 is 10.0 Å². The Morgan fingerprint density at radius 3 is 2.38 bits per heavy atom. The van der Waals surface area contributed by atoms with Gasteiger partial charge in [-0.15, -0.1) is 0 Å². The summed E-state index contributed by atoms with van der Waals surface area (Å²) >= 11 is 0. The number of aryl methyl sites for hydroxylation is 2. The van der Waals surface area contributed by atoms with Gasteiger partial charge >= 0.3 is 0 Å². The Hall–Kier alpha value is -0.920. The summed E-state index contributed by atoms with van der Waals surface area (Å²) in [6, 6.07) is 0.382. The molecule has 21 heavy (non-hydrogen) atoms. The van der Waals surface area contributed by atoms with E-state index >= 15 is 0 Å². The van der Waals surface area contributed by atoms with Crippen LogP contribution in [0.25, 0.3) is 0 Å². The molecule has 1 aromatic rings. The van der Waals surface area contributed by atoms with Crippen LogP contribution in [0, 0.1) is 13.8 Å². The molecule has 0 saturated carbocycles. The first-order chi connectivity index (χ1) is 9.85. The van der Waals surface area contributed by atoms with Gasteiger partial charge in [0, 0.05) is 44.0 Å².